The number of halogens is 2. The second kappa shape index (κ2) is 11.4. The van der Waals surface area contributed by atoms with Crippen molar-refractivity contribution in [1.29, 1.82) is 0 Å². The molecule has 5 nitrogen and oxygen atoms in total. The van der Waals surface area contributed by atoms with Crippen LogP contribution in [0.3, 0.4) is 0 Å². The molecule has 0 bridgehead atoms. The Morgan fingerprint density at radius 2 is 1.74 bits per heavy atom. The lowest BCUT2D eigenvalue weighted by atomic mass is 10.1. The van der Waals surface area contributed by atoms with Crippen LogP contribution in [0, 0.1) is 19.8 Å². The number of carbonyl (C=O) groups is 2. The van der Waals surface area contributed by atoms with Gasteiger partial charge in [0.2, 0.25) is 5.91 Å². The van der Waals surface area contributed by atoms with Gasteiger partial charge in [0.15, 0.2) is 6.61 Å². The molecule has 2 amide bonds. The Hall–Kier alpha value is -2.24. The van der Waals surface area contributed by atoms with Crippen LogP contribution < -0.4 is 10.1 Å². The SMILES string of the molecule is Cc1ccc(C)c(OCC(=O)N(Cc2ccc(Cl)c(Cl)c2)[C@@H](C)C(=O)NCC(C)C)c1. The molecule has 0 aliphatic rings. The zero-order chi connectivity index (χ0) is 23.1. The summed E-state index contributed by atoms with van der Waals surface area (Å²) >= 11 is 12.1. The van der Waals surface area contributed by atoms with Crippen molar-refractivity contribution in [2.24, 2.45) is 5.92 Å². The minimum Gasteiger partial charge on any atom is -0.483 e. The lowest BCUT2D eigenvalue weighted by Gasteiger charge is -2.29. The van der Waals surface area contributed by atoms with Crippen molar-refractivity contribution >= 4 is 35.0 Å². The van der Waals surface area contributed by atoms with E-state index in [0.29, 0.717) is 28.3 Å². The van der Waals surface area contributed by atoms with E-state index in [4.69, 9.17) is 27.9 Å². The quantitative estimate of drug-likeness (QED) is 0.555. The van der Waals surface area contributed by atoms with E-state index in [0.717, 1.165) is 16.7 Å². The van der Waals surface area contributed by atoms with Gasteiger partial charge in [0.25, 0.3) is 5.91 Å². The van der Waals surface area contributed by atoms with Gasteiger partial charge in [0.05, 0.1) is 10.0 Å². The highest BCUT2D eigenvalue weighted by molar-refractivity contribution is 6.42. The molecule has 2 rings (SSSR count). The molecular weight excluding hydrogens is 435 g/mol. The summed E-state index contributed by atoms with van der Waals surface area (Å²) in [6.45, 7) is 10.2. The summed E-state index contributed by atoms with van der Waals surface area (Å²) in [5, 5.41) is 3.73. The van der Waals surface area contributed by atoms with Crippen LogP contribution in [-0.2, 0) is 16.1 Å². The van der Waals surface area contributed by atoms with E-state index in [1.165, 1.54) is 4.90 Å². The van der Waals surface area contributed by atoms with Crippen molar-refractivity contribution < 1.29 is 14.3 Å². The number of rotatable bonds is 9. The second-order valence-electron chi connectivity index (χ2n) is 8.14. The van der Waals surface area contributed by atoms with Crippen LogP contribution in [0.1, 0.15) is 37.5 Å². The summed E-state index contributed by atoms with van der Waals surface area (Å²) < 4.78 is 5.80. The third-order valence-electron chi connectivity index (χ3n) is 4.88. The molecule has 1 N–H and O–H groups in total. The standard InChI is InChI=1S/C24H30Cl2N2O3/c1-15(2)12-27-24(30)18(5)28(13-19-8-9-20(25)21(26)11-19)23(29)14-31-22-10-16(3)6-7-17(22)4/h6-11,15,18H,12-14H2,1-5H3,(H,27,30)/t18-/m0/s1. The fourth-order valence-electron chi connectivity index (χ4n) is 2.95. The summed E-state index contributed by atoms with van der Waals surface area (Å²) in [4.78, 5) is 27.3. The van der Waals surface area contributed by atoms with Crippen LogP contribution in [0.25, 0.3) is 0 Å². The summed E-state index contributed by atoms with van der Waals surface area (Å²) in [7, 11) is 0. The number of aryl methyl sites for hydroxylation is 2. The van der Waals surface area contributed by atoms with Gasteiger partial charge in [-0.25, -0.2) is 0 Å². The highest BCUT2D eigenvalue weighted by atomic mass is 35.5. The van der Waals surface area contributed by atoms with E-state index in [2.05, 4.69) is 5.32 Å². The number of nitrogens with zero attached hydrogens (tertiary/aromatic N) is 1. The molecule has 2 aromatic rings. The zero-order valence-electron chi connectivity index (χ0n) is 18.7. The van der Waals surface area contributed by atoms with Gasteiger partial charge in [0, 0.05) is 13.1 Å². The Balaban J connectivity index is 2.20. The van der Waals surface area contributed by atoms with Crippen molar-refractivity contribution in [1.82, 2.24) is 10.2 Å². The number of hydrogen-bond donors (Lipinski definition) is 1. The van der Waals surface area contributed by atoms with Crippen molar-refractivity contribution in [2.75, 3.05) is 13.2 Å². The smallest absolute Gasteiger partial charge is 0.261 e. The molecule has 31 heavy (non-hydrogen) atoms. The topological polar surface area (TPSA) is 58.6 Å². The first-order valence-electron chi connectivity index (χ1n) is 10.3. The monoisotopic (exact) mass is 464 g/mol. The molecule has 1 atom stereocenters. The molecule has 0 radical (unpaired) electrons. The van der Waals surface area contributed by atoms with Crippen LogP contribution >= 0.6 is 23.2 Å². The number of nitrogens with one attached hydrogen (secondary N) is 1. The average molecular weight is 465 g/mol. The number of carbonyl (C=O) groups excluding carboxylic acids is 2. The van der Waals surface area contributed by atoms with Crippen molar-refractivity contribution in [3.8, 4) is 5.75 Å². The molecule has 2 aromatic carbocycles. The molecule has 0 aliphatic carbocycles. The number of ether oxygens (including phenoxy) is 1. The molecule has 0 saturated heterocycles. The van der Waals surface area contributed by atoms with Crippen LogP contribution in [0.15, 0.2) is 36.4 Å². The summed E-state index contributed by atoms with van der Waals surface area (Å²) in [6.07, 6.45) is 0. The molecule has 0 heterocycles. The molecule has 0 aromatic heterocycles. The molecule has 7 heteroatoms. The maximum Gasteiger partial charge on any atom is 0.261 e. The van der Waals surface area contributed by atoms with E-state index in [9.17, 15) is 9.59 Å². The van der Waals surface area contributed by atoms with Crippen LogP contribution in [0.5, 0.6) is 5.75 Å². The van der Waals surface area contributed by atoms with Crippen molar-refractivity contribution in [3.63, 3.8) is 0 Å². The Kier molecular flexibility index (Phi) is 9.20. The van der Waals surface area contributed by atoms with Gasteiger partial charge in [-0.1, -0.05) is 55.2 Å². The highest BCUT2D eigenvalue weighted by Gasteiger charge is 2.27. The van der Waals surface area contributed by atoms with Crippen molar-refractivity contribution in [3.05, 3.63) is 63.1 Å². The average Bonchev–Trinajstić information content (AvgIpc) is 2.72. The lowest BCUT2D eigenvalue weighted by Crippen LogP contribution is -2.49. The number of benzene rings is 2. The Labute approximate surface area is 194 Å². The molecule has 0 unspecified atom stereocenters. The van der Waals surface area contributed by atoms with Gasteiger partial charge < -0.3 is 15.0 Å². The van der Waals surface area contributed by atoms with Gasteiger partial charge in [-0.2, -0.15) is 0 Å². The van der Waals surface area contributed by atoms with E-state index in [1.54, 1.807) is 25.1 Å². The van der Waals surface area contributed by atoms with E-state index in [1.807, 2.05) is 45.9 Å². The third-order valence-corrected chi connectivity index (χ3v) is 5.62. The van der Waals surface area contributed by atoms with E-state index >= 15 is 0 Å². The number of amides is 2. The maximum absolute atomic E-state index is 13.1. The van der Waals surface area contributed by atoms with Gasteiger partial charge in [0.1, 0.15) is 11.8 Å². The molecular formula is C24H30Cl2N2O3. The Morgan fingerprint density at radius 1 is 1.03 bits per heavy atom. The lowest BCUT2D eigenvalue weighted by molar-refractivity contribution is -0.142. The van der Waals surface area contributed by atoms with Gasteiger partial charge in [-0.15, -0.1) is 0 Å². The molecule has 0 aliphatic heterocycles. The fraction of sp³-hybridized carbons (Fsp3) is 0.417. The summed E-state index contributed by atoms with van der Waals surface area (Å²) in [6, 6.07) is 10.3. The Bertz CT molecular complexity index is 931. The molecule has 0 fully saturated rings. The molecule has 168 valence electrons. The predicted molar refractivity (Wildman–Crippen MR) is 126 cm³/mol. The largest absolute Gasteiger partial charge is 0.483 e. The first-order chi connectivity index (χ1) is 14.6. The summed E-state index contributed by atoms with van der Waals surface area (Å²) in [5.74, 6) is 0.454. The highest BCUT2D eigenvalue weighted by Crippen LogP contribution is 2.24. The molecule has 0 saturated carbocycles. The van der Waals surface area contributed by atoms with Gasteiger partial charge in [-0.3, -0.25) is 9.59 Å². The maximum atomic E-state index is 13.1. The Morgan fingerprint density at radius 3 is 2.39 bits per heavy atom. The minimum absolute atomic E-state index is 0.173. The van der Waals surface area contributed by atoms with Gasteiger partial charge in [-0.05, 0) is 61.6 Å². The van der Waals surface area contributed by atoms with Crippen LogP contribution in [-0.4, -0.2) is 35.9 Å². The van der Waals surface area contributed by atoms with Crippen LogP contribution in [0.2, 0.25) is 10.0 Å². The zero-order valence-corrected chi connectivity index (χ0v) is 20.2. The van der Waals surface area contributed by atoms with E-state index in [-0.39, 0.29) is 25.0 Å². The number of hydrogen-bond acceptors (Lipinski definition) is 3. The molecule has 0 spiro atoms. The predicted octanol–water partition coefficient (Wildman–Crippen LogP) is 5.18. The van der Waals surface area contributed by atoms with E-state index < -0.39 is 6.04 Å². The fourth-order valence-corrected chi connectivity index (χ4v) is 3.28. The van der Waals surface area contributed by atoms with Crippen molar-refractivity contribution in [2.45, 2.75) is 47.2 Å². The first-order valence-corrected chi connectivity index (χ1v) is 11.0. The third kappa shape index (κ3) is 7.44. The second-order valence-corrected chi connectivity index (χ2v) is 8.96. The first kappa shape index (κ1) is 25.0. The van der Waals surface area contributed by atoms with Crippen LogP contribution in [0.4, 0.5) is 0 Å². The normalized spacial score (nSPS) is 11.9. The van der Waals surface area contributed by atoms with Gasteiger partial charge >= 0.3 is 0 Å². The minimum atomic E-state index is -0.678. The summed E-state index contributed by atoms with van der Waals surface area (Å²) in [5.41, 5.74) is 2.76.